The molecule has 1 saturated heterocycles. The molecule has 1 heterocycles. The van der Waals surface area contributed by atoms with Crippen molar-refractivity contribution in [3.8, 4) is 0 Å². The molecule has 0 aromatic carbocycles. The van der Waals surface area contributed by atoms with Gasteiger partial charge in [-0.15, -0.1) is 0 Å². The smallest absolute Gasteiger partial charge is 0.0565 e. The second-order valence-corrected chi connectivity index (χ2v) is 4.73. The van der Waals surface area contributed by atoms with Gasteiger partial charge in [-0.2, -0.15) is 0 Å². The summed E-state index contributed by atoms with van der Waals surface area (Å²) in [6.45, 7) is 9.96. The largest absolute Gasteiger partial charge is 0.375 e. The van der Waals surface area contributed by atoms with E-state index in [0.29, 0.717) is 18.2 Å². The molecular formula is C11H23NO. The van der Waals surface area contributed by atoms with Gasteiger partial charge in [-0.1, -0.05) is 13.8 Å². The van der Waals surface area contributed by atoms with E-state index in [0.717, 1.165) is 25.3 Å². The van der Waals surface area contributed by atoms with Gasteiger partial charge in [0.2, 0.25) is 0 Å². The van der Waals surface area contributed by atoms with E-state index >= 15 is 0 Å². The zero-order valence-electron chi connectivity index (χ0n) is 9.34. The van der Waals surface area contributed by atoms with E-state index in [1.165, 1.54) is 0 Å². The summed E-state index contributed by atoms with van der Waals surface area (Å²) in [5.74, 6) is 0.744. The van der Waals surface area contributed by atoms with Crippen molar-refractivity contribution < 1.29 is 4.74 Å². The summed E-state index contributed by atoms with van der Waals surface area (Å²) in [5.41, 5.74) is 0. The van der Waals surface area contributed by atoms with Crippen LogP contribution in [-0.4, -0.2) is 24.8 Å². The lowest BCUT2D eigenvalue weighted by Gasteiger charge is -2.33. The van der Waals surface area contributed by atoms with Gasteiger partial charge in [-0.3, -0.25) is 0 Å². The van der Waals surface area contributed by atoms with Gasteiger partial charge >= 0.3 is 0 Å². The third-order valence-electron chi connectivity index (χ3n) is 2.51. The standard InChI is InChI=1S/C11H23NO/c1-8(2)7-12-11-5-9(3)13-10(4)6-11/h8-12H,5-7H2,1-4H3/t9-,10-/m1/s1. The Labute approximate surface area is 82.0 Å². The van der Waals surface area contributed by atoms with Crippen molar-refractivity contribution >= 4 is 0 Å². The van der Waals surface area contributed by atoms with E-state index < -0.39 is 0 Å². The van der Waals surface area contributed by atoms with Crippen LogP contribution in [0.5, 0.6) is 0 Å². The lowest BCUT2D eigenvalue weighted by molar-refractivity contribution is -0.0423. The Kier molecular flexibility index (Phi) is 4.20. The topological polar surface area (TPSA) is 21.3 Å². The molecule has 0 saturated carbocycles. The van der Waals surface area contributed by atoms with E-state index in [2.05, 4.69) is 33.0 Å². The fourth-order valence-electron chi connectivity index (χ4n) is 1.97. The summed E-state index contributed by atoms with van der Waals surface area (Å²) in [4.78, 5) is 0. The number of hydrogen-bond acceptors (Lipinski definition) is 2. The van der Waals surface area contributed by atoms with Crippen molar-refractivity contribution in [3.63, 3.8) is 0 Å². The molecule has 2 nitrogen and oxygen atoms in total. The van der Waals surface area contributed by atoms with Crippen LogP contribution in [-0.2, 0) is 4.74 Å². The van der Waals surface area contributed by atoms with E-state index in [4.69, 9.17) is 4.74 Å². The number of hydrogen-bond donors (Lipinski definition) is 1. The SMILES string of the molecule is CC(C)CNC1C[C@@H](C)O[C@H](C)C1. The minimum absolute atomic E-state index is 0.424. The van der Waals surface area contributed by atoms with Crippen molar-refractivity contribution in [1.29, 1.82) is 0 Å². The van der Waals surface area contributed by atoms with Crippen LogP contribution in [0.15, 0.2) is 0 Å². The molecule has 2 atom stereocenters. The maximum atomic E-state index is 5.68. The third-order valence-corrected chi connectivity index (χ3v) is 2.51. The minimum Gasteiger partial charge on any atom is -0.375 e. The molecular weight excluding hydrogens is 162 g/mol. The van der Waals surface area contributed by atoms with Crippen LogP contribution in [0.1, 0.15) is 40.5 Å². The number of ether oxygens (including phenoxy) is 1. The average Bonchev–Trinajstić information content (AvgIpc) is 1.99. The van der Waals surface area contributed by atoms with Gasteiger partial charge in [-0.25, -0.2) is 0 Å². The Bertz CT molecular complexity index is 137. The Morgan fingerprint density at radius 3 is 2.23 bits per heavy atom. The highest BCUT2D eigenvalue weighted by Gasteiger charge is 2.23. The predicted molar refractivity (Wildman–Crippen MR) is 55.9 cm³/mol. The fourth-order valence-corrected chi connectivity index (χ4v) is 1.97. The van der Waals surface area contributed by atoms with Crippen molar-refractivity contribution in [1.82, 2.24) is 5.32 Å². The lowest BCUT2D eigenvalue weighted by atomic mass is 9.99. The Balaban J connectivity index is 2.25. The highest BCUT2D eigenvalue weighted by atomic mass is 16.5. The fraction of sp³-hybridized carbons (Fsp3) is 1.00. The summed E-state index contributed by atoms with van der Waals surface area (Å²) in [6.07, 6.45) is 3.18. The van der Waals surface area contributed by atoms with E-state index in [9.17, 15) is 0 Å². The van der Waals surface area contributed by atoms with Crippen molar-refractivity contribution in [2.75, 3.05) is 6.54 Å². The molecule has 0 unspecified atom stereocenters. The van der Waals surface area contributed by atoms with Gasteiger partial charge in [0.15, 0.2) is 0 Å². The maximum Gasteiger partial charge on any atom is 0.0565 e. The highest BCUT2D eigenvalue weighted by Crippen LogP contribution is 2.18. The molecule has 2 heteroatoms. The second-order valence-electron chi connectivity index (χ2n) is 4.73. The van der Waals surface area contributed by atoms with Gasteiger partial charge in [0, 0.05) is 6.04 Å². The Morgan fingerprint density at radius 1 is 1.23 bits per heavy atom. The first-order valence-corrected chi connectivity index (χ1v) is 5.46. The molecule has 0 aromatic heterocycles. The Hall–Kier alpha value is -0.0800. The first-order valence-electron chi connectivity index (χ1n) is 5.46. The average molecular weight is 185 g/mol. The van der Waals surface area contributed by atoms with Crippen molar-refractivity contribution in [2.45, 2.75) is 58.8 Å². The summed E-state index contributed by atoms with van der Waals surface area (Å²) >= 11 is 0. The molecule has 0 aromatic rings. The van der Waals surface area contributed by atoms with Crippen LogP contribution in [0, 0.1) is 5.92 Å². The quantitative estimate of drug-likeness (QED) is 0.727. The zero-order valence-corrected chi connectivity index (χ0v) is 9.34. The molecule has 1 aliphatic heterocycles. The highest BCUT2D eigenvalue weighted by molar-refractivity contribution is 4.78. The van der Waals surface area contributed by atoms with Crippen LogP contribution in [0.2, 0.25) is 0 Å². The number of rotatable bonds is 3. The summed E-state index contributed by atoms with van der Waals surface area (Å²) in [5, 5.41) is 3.60. The van der Waals surface area contributed by atoms with E-state index in [-0.39, 0.29) is 0 Å². The molecule has 1 rings (SSSR count). The third kappa shape index (κ3) is 4.10. The first-order chi connectivity index (χ1) is 6.08. The molecule has 1 fully saturated rings. The first kappa shape index (κ1) is 11.0. The number of nitrogens with one attached hydrogen (secondary N) is 1. The van der Waals surface area contributed by atoms with Crippen LogP contribution < -0.4 is 5.32 Å². The summed E-state index contributed by atoms with van der Waals surface area (Å²) in [7, 11) is 0. The van der Waals surface area contributed by atoms with E-state index in [1.54, 1.807) is 0 Å². The normalized spacial score (nSPS) is 35.3. The second kappa shape index (κ2) is 4.97. The monoisotopic (exact) mass is 185 g/mol. The van der Waals surface area contributed by atoms with Crippen LogP contribution in [0.25, 0.3) is 0 Å². The van der Waals surface area contributed by atoms with Gasteiger partial charge in [0.1, 0.15) is 0 Å². The minimum atomic E-state index is 0.424. The van der Waals surface area contributed by atoms with Crippen molar-refractivity contribution in [3.05, 3.63) is 0 Å². The van der Waals surface area contributed by atoms with E-state index in [1.807, 2.05) is 0 Å². The molecule has 0 aliphatic carbocycles. The molecule has 78 valence electrons. The van der Waals surface area contributed by atoms with Gasteiger partial charge in [0.25, 0.3) is 0 Å². The molecule has 0 spiro atoms. The molecule has 0 bridgehead atoms. The summed E-state index contributed by atoms with van der Waals surface area (Å²) in [6, 6.07) is 0.668. The maximum absolute atomic E-state index is 5.68. The zero-order chi connectivity index (χ0) is 9.84. The molecule has 1 N–H and O–H groups in total. The Morgan fingerprint density at radius 2 is 1.77 bits per heavy atom. The van der Waals surface area contributed by atoms with Gasteiger partial charge < -0.3 is 10.1 Å². The van der Waals surface area contributed by atoms with Gasteiger partial charge in [-0.05, 0) is 39.2 Å². The van der Waals surface area contributed by atoms with Gasteiger partial charge in [0.05, 0.1) is 12.2 Å². The van der Waals surface area contributed by atoms with Crippen LogP contribution >= 0.6 is 0 Å². The predicted octanol–water partition coefficient (Wildman–Crippen LogP) is 2.19. The molecule has 13 heavy (non-hydrogen) atoms. The van der Waals surface area contributed by atoms with Crippen LogP contribution in [0.3, 0.4) is 0 Å². The van der Waals surface area contributed by atoms with Crippen molar-refractivity contribution in [2.24, 2.45) is 5.92 Å². The van der Waals surface area contributed by atoms with Crippen LogP contribution in [0.4, 0.5) is 0 Å². The molecule has 0 amide bonds. The summed E-state index contributed by atoms with van der Waals surface area (Å²) < 4.78 is 5.68. The molecule has 1 aliphatic rings. The lowest BCUT2D eigenvalue weighted by Crippen LogP contribution is -2.42. The molecule has 0 radical (unpaired) electrons.